The van der Waals surface area contributed by atoms with Crippen molar-refractivity contribution < 1.29 is 4.79 Å². The van der Waals surface area contributed by atoms with Crippen LogP contribution in [0.5, 0.6) is 0 Å². The van der Waals surface area contributed by atoms with E-state index in [0.29, 0.717) is 12.3 Å². The van der Waals surface area contributed by atoms with Gasteiger partial charge in [-0.05, 0) is 50.4 Å². The Hall–Kier alpha value is -1.35. The maximum Gasteiger partial charge on any atom is 0.220 e. The zero-order valence-electron chi connectivity index (χ0n) is 11.2. The van der Waals surface area contributed by atoms with E-state index in [1.165, 1.54) is 11.1 Å². The molecule has 1 amide bonds. The van der Waals surface area contributed by atoms with Crippen molar-refractivity contribution in [2.24, 2.45) is 5.92 Å². The third kappa shape index (κ3) is 3.57. The lowest BCUT2D eigenvalue weighted by Gasteiger charge is -2.27. The van der Waals surface area contributed by atoms with Gasteiger partial charge in [-0.2, -0.15) is 0 Å². The monoisotopic (exact) mass is 246 g/mol. The second-order valence-electron chi connectivity index (χ2n) is 5.33. The Morgan fingerprint density at radius 1 is 1.44 bits per heavy atom. The van der Waals surface area contributed by atoms with Crippen LogP contribution >= 0.6 is 0 Å². The van der Waals surface area contributed by atoms with E-state index in [-0.39, 0.29) is 11.9 Å². The first-order valence-electron chi connectivity index (χ1n) is 6.69. The van der Waals surface area contributed by atoms with Crippen molar-refractivity contribution in [2.45, 2.75) is 32.7 Å². The van der Waals surface area contributed by atoms with Crippen molar-refractivity contribution in [1.29, 1.82) is 0 Å². The number of aryl methyl sites for hydroxylation is 1. The molecule has 0 saturated carbocycles. The van der Waals surface area contributed by atoms with Crippen LogP contribution in [0.25, 0.3) is 0 Å². The number of carbonyl (C=O) groups is 1. The number of benzene rings is 1. The van der Waals surface area contributed by atoms with Gasteiger partial charge >= 0.3 is 0 Å². The fourth-order valence-corrected chi connectivity index (χ4v) is 2.31. The maximum absolute atomic E-state index is 11.8. The highest BCUT2D eigenvalue weighted by molar-refractivity contribution is 5.76. The molecule has 2 rings (SSSR count). The largest absolute Gasteiger partial charge is 0.353 e. The van der Waals surface area contributed by atoms with Gasteiger partial charge in [0.25, 0.3) is 0 Å². The molecular formula is C15H22N2O. The summed E-state index contributed by atoms with van der Waals surface area (Å²) in [7, 11) is 0. The van der Waals surface area contributed by atoms with E-state index in [2.05, 4.69) is 42.7 Å². The molecule has 1 aliphatic heterocycles. The normalized spacial score (nSPS) is 17.0. The van der Waals surface area contributed by atoms with E-state index in [4.69, 9.17) is 0 Å². The maximum atomic E-state index is 11.8. The van der Waals surface area contributed by atoms with Crippen LogP contribution in [-0.4, -0.2) is 25.0 Å². The highest BCUT2D eigenvalue weighted by Gasteiger charge is 2.20. The Morgan fingerprint density at radius 2 is 2.17 bits per heavy atom. The molecule has 0 radical (unpaired) electrons. The van der Waals surface area contributed by atoms with Crippen molar-refractivity contribution in [1.82, 2.24) is 10.6 Å². The van der Waals surface area contributed by atoms with Gasteiger partial charge < -0.3 is 10.6 Å². The molecule has 3 heteroatoms. The fraction of sp³-hybridized carbons (Fsp3) is 0.533. The minimum atomic E-state index is 0.183. The van der Waals surface area contributed by atoms with Gasteiger partial charge in [0, 0.05) is 12.5 Å². The quantitative estimate of drug-likeness (QED) is 0.829. The summed E-state index contributed by atoms with van der Waals surface area (Å²) in [5, 5.41) is 6.28. The van der Waals surface area contributed by atoms with Crippen LogP contribution in [0.2, 0.25) is 0 Å². The van der Waals surface area contributed by atoms with Gasteiger partial charge in [0.2, 0.25) is 5.91 Å². The van der Waals surface area contributed by atoms with Crippen LogP contribution in [-0.2, 0) is 11.2 Å². The van der Waals surface area contributed by atoms with Gasteiger partial charge in [-0.1, -0.05) is 24.3 Å². The predicted octanol–water partition coefficient (Wildman–Crippen LogP) is 1.65. The van der Waals surface area contributed by atoms with Crippen LogP contribution in [0.1, 0.15) is 24.5 Å². The molecule has 1 aliphatic rings. The summed E-state index contributed by atoms with van der Waals surface area (Å²) in [4.78, 5) is 11.8. The van der Waals surface area contributed by atoms with Crippen LogP contribution in [0, 0.1) is 12.8 Å². The predicted molar refractivity (Wildman–Crippen MR) is 73.5 cm³/mol. The zero-order chi connectivity index (χ0) is 13.0. The van der Waals surface area contributed by atoms with E-state index >= 15 is 0 Å². The molecule has 1 aromatic carbocycles. The van der Waals surface area contributed by atoms with Gasteiger partial charge in [-0.3, -0.25) is 4.79 Å². The minimum absolute atomic E-state index is 0.183. The summed E-state index contributed by atoms with van der Waals surface area (Å²) in [5.74, 6) is 0.721. The first-order valence-corrected chi connectivity index (χ1v) is 6.69. The molecule has 0 spiro atoms. The number of rotatable bonds is 5. The van der Waals surface area contributed by atoms with Crippen LogP contribution in [0.3, 0.4) is 0 Å². The van der Waals surface area contributed by atoms with Gasteiger partial charge in [0.15, 0.2) is 0 Å². The summed E-state index contributed by atoms with van der Waals surface area (Å²) in [5.41, 5.74) is 2.61. The second kappa shape index (κ2) is 6.01. The molecule has 1 fully saturated rings. The molecule has 1 aromatic rings. The Balaban J connectivity index is 1.79. The Labute approximate surface area is 109 Å². The number of hydrogen-bond donors (Lipinski definition) is 2. The average molecular weight is 246 g/mol. The van der Waals surface area contributed by atoms with Crippen LogP contribution < -0.4 is 10.6 Å². The average Bonchev–Trinajstić information content (AvgIpc) is 2.27. The number of carbonyl (C=O) groups excluding carboxylic acids is 1. The molecule has 1 atom stereocenters. The molecule has 18 heavy (non-hydrogen) atoms. The third-order valence-electron chi connectivity index (χ3n) is 3.53. The van der Waals surface area contributed by atoms with Crippen molar-refractivity contribution in [3.05, 3.63) is 35.4 Å². The smallest absolute Gasteiger partial charge is 0.220 e. The van der Waals surface area contributed by atoms with Gasteiger partial charge in [0.05, 0.1) is 0 Å². The van der Waals surface area contributed by atoms with Gasteiger partial charge in [-0.25, -0.2) is 0 Å². The molecule has 0 bridgehead atoms. The zero-order valence-corrected chi connectivity index (χ0v) is 11.2. The molecule has 1 heterocycles. The first-order chi connectivity index (χ1) is 8.65. The van der Waals surface area contributed by atoms with Crippen molar-refractivity contribution >= 4 is 5.91 Å². The van der Waals surface area contributed by atoms with E-state index in [9.17, 15) is 4.79 Å². The lowest BCUT2D eigenvalue weighted by Crippen LogP contribution is -2.45. The molecular weight excluding hydrogens is 224 g/mol. The minimum Gasteiger partial charge on any atom is -0.353 e. The summed E-state index contributed by atoms with van der Waals surface area (Å²) in [6.45, 7) is 6.16. The topological polar surface area (TPSA) is 41.1 Å². The standard InChI is InChI=1S/C15H22N2O/c1-11-5-3-4-6-14(11)7-12(2)17-15(18)8-13-9-16-10-13/h3-6,12-13,16H,7-10H2,1-2H3,(H,17,18). The molecule has 0 aliphatic carbocycles. The van der Waals surface area contributed by atoms with Crippen molar-refractivity contribution in [3.63, 3.8) is 0 Å². The van der Waals surface area contributed by atoms with Crippen molar-refractivity contribution in [2.75, 3.05) is 13.1 Å². The lowest BCUT2D eigenvalue weighted by molar-refractivity contribution is -0.122. The van der Waals surface area contributed by atoms with E-state index in [1.807, 2.05) is 6.07 Å². The highest BCUT2D eigenvalue weighted by Crippen LogP contribution is 2.11. The van der Waals surface area contributed by atoms with E-state index < -0.39 is 0 Å². The lowest BCUT2D eigenvalue weighted by atomic mass is 9.98. The Bertz CT molecular complexity index is 413. The van der Waals surface area contributed by atoms with Gasteiger partial charge in [-0.15, -0.1) is 0 Å². The molecule has 1 unspecified atom stereocenters. The van der Waals surface area contributed by atoms with Crippen molar-refractivity contribution in [3.8, 4) is 0 Å². The molecule has 2 N–H and O–H groups in total. The summed E-state index contributed by atoms with van der Waals surface area (Å²) >= 11 is 0. The summed E-state index contributed by atoms with van der Waals surface area (Å²) < 4.78 is 0. The summed E-state index contributed by atoms with van der Waals surface area (Å²) in [6.07, 6.45) is 1.56. The number of nitrogens with one attached hydrogen (secondary N) is 2. The highest BCUT2D eigenvalue weighted by atomic mass is 16.1. The van der Waals surface area contributed by atoms with Crippen LogP contribution in [0.4, 0.5) is 0 Å². The van der Waals surface area contributed by atoms with E-state index in [1.54, 1.807) is 0 Å². The SMILES string of the molecule is Cc1ccccc1CC(C)NC(=O)CC1CNC1. The third-order valence-corrected chi connectivity index (χ3v) is 3.53. The number of amides is 1. The fourth-order valence-electron chi connectivity index (χ4n) is 2.31. The molecule has 1 saturated heterocycles. The Kier molecular flexibility index (Phi) is 4.37. The van der Waals surface area contributed by atoms with Gasteiger partial charge in [0.1, 0.15) is 0 Å². The molecule has 98 valence electrons. The molecule has 3 nitrogen and oxygen atoms in total. The first kappa shape index (κ1) is 13.1. The summed E-state index contributed by atoms with van der Waals surface area (Å²) in [6, 6.07) is 8.55. The Morgan fingerprint density at radius 3 is 2.78 bits per heavy atom. The van der Waals surface area contributed by atoms with Crippen LogP contribution in [0.15, 0.2) is 24.3 Å². The molecule has 0 aromatic heterocycles. The van der Waals surface area contributed by atoms with E-state index in [0.717, 1.165) is 19.5 Å². The number of hydrogen-bond acceptors (Lipinski definition) is 2. The second-order valence-corrected chi connectivity index (χ2v) is 5.33.